The molecule has 0 aromatic heterocycles. The van der Waals surface area contributed by atoms with Crippen molar-refractivity contribution < 1.29 is 5.11 Å². The second-order valence-corrected chi connectivity index (χ2v) is 7.75. The topological polar surface area (TPSA) is 35.5 Å². The zero-order valence-corrected chi connectivity index (χ0v) is 14.1. The fourth-order valence-electron chi connectivity index (χ4n) is 3.23. The number of hydrogen-bond acceptors (Lipinski definition) is 3. The minimum atomic E-state index is 0.179. The minimum Gasteiger partial charge on any atom is -0.508 e. The molecule has 0 saturated carbocycles. The summed E-state index contributed by atoms with van der Waals surface area (Å²) in [6.45, 7) is 14.4. The molecule has 0 radical (unpaired) electrons. The Morgan fingerprint density at radius 2 is 2.10 bits per heavy atom. The molecule has 0 bridgehead atoms. The summed E-state index contributed by atoms with van der Waals surface area (Å²) in [5.74, 6) is 0.355. The Kier molecular flexibility index (Phi) is 4.64. The smallest absolute Gasteiger partial charge is 0.115 e. The Labute approximate surface area is 129 Å². The van der Waals surface area contributed by atoms with Crippen LogP contribution in [0.1, 0.15) is 46.6 Å². The Morgan fingerprint density at radius 1 is 1.38 bits per heavy atom. The summed E-state index contributed by atoms with van der Waals surface area (Å²) in [6, 6.07) is 8.14. The Balaban J connectivity index is 2.21. The molecule has 3 heteroatoms. The number of phenolic OH excluding ortho intramolecular Hbond substituents is 1. The van der Waals surface area contributed by atoms with Gasteiger partial charge in [0.25, 0.3) is 0 Å². The lowest BCUT2D eigenvalue weighted by Gasteiger charge is -2.50. The van der Waals surface area contributed by atoms with Crippen LogP contribution in [0.3, 0.4) is 0 Å². The monoisotopic (exact) mass is 290 g/mol. The van der Waals surface area contributed by atoms with Crippen molar-refractivity contribution in [3.63, 3.8) is 0 Å². The molecule has 1 aromatic carbocycles. The number of benzene rings is 1. The van der Waals surface area contributed by atoms with Crippen molar-refractivity contribution in [2.24, 2.45) is 5.41 Å². The van der Waals surface area contributed by atoms with Gasteiger partial charge in [-0.2, -0.15) is 0 Å². The molecule has 0 spiro atoms. The van der Waals surface area contributed by atoms with Gasteiger partial charge in [0.1, 0.15) is 5.75 Å². The fraction of sp³-hybridized carbons (Fsp3) is 0.667. The average Bonchev–Trinajstić information content (AvgIpc) is 2.37. The first-order valence-corrected chi connectivity index (χ1v) is 8.00. The Morgan fingerprint density at radius 3 is 2.67 bits per heavy atom. The largest absolute Gasteiger partial charge is 0.508 e. The maximum absolute atomic E-state index is 9.69. The fourth-order valence-corrected chi connectivity index (χ4v) is 3.23. The van der Waals surface area contributed by atoms with Crippen molar-refractivity contribution >= 4 is 0 Å². The van der Waals surface area contributed by atoms with Crippen LogP contribution in [0.2, 0.25) is 0 Å². The highest BCUT2D eigenvalue weighted by atomic mass is 16.3. The van der Waals surface area contributed by atoms with Gasteiger partial charge < -0.3 is 10.4 Å². The van der Waals surface area contributed by atoms with Gasteiger partial charge in [-0.1, -0.05) is 39.8 Å². The molecular formula is C18H30N2O. The third-order valence-corrected chi connectivity index (χ3v) is 4.79. The predicted molar refractivity (Wildman–Crippen MR) is 88.5 cm³/mol. The van der Waals surface area contributed by atoms with E-state index in [9.17, 15) is 5.11 Å². The molecule has 3 nitrogen and oxygen atoms in total. The molecule has 2 rings (SSSR count). The first-order chi connectivity index (χ1) is 9.73. The van der Waals surface area contributed by atoms with Gasteiger partial charge in [-0.3, -0.25) is 4.90 Å². The molecular weight excluding hydrogens is 260 g/mol. The van der Waals surface area contributed by atoms with Gasteiger partial charge >= 0.3 is 0 Å². The standard InChI is InChI=1S/C18H30N2O/c1-6-18(5)13-20(16(11-19-18)17(2,3)4)12-14-8-7-9-15(21)10-14/h7-10,16,19,21H,6,11-13H2,1-5H3. The van der Waals surface area contributed by atoms with Crippen molar-refractivity contribution in [3.8, 4) is 5.75 Å². The Bertz CT molecular complexity index is 480. The van der Waals surface area contributed by atoms with Crippen LogP contribution in [0.15, 0.2) is 24.3 Å². The SMILES string of the molecule is CCC1(C)CN(Cc2cccc(O)c2)C(C(C)(C)C)CN1. The quantitative estimate of drug-likeness (QED) is 0.896. The third kappa shape index (κ3) is 3.98. The van der Waals surface area contributed by atoms with E-state index in [1.54, 1.807) is 6.07 Å². The van der Waals surface area contributed by atoms with E-state index in [0.29, 0.717) is 11.8 Å². The molecule has 0 amide bonds. The summed E-state index contributed by atoms with van der Waals surface area (Å²) in [7, 11) is 0. The summed E-state index contributed by atoms with van der Waals surface area (Å²) < 4.78 is 0. The molecule has 2 unspecified atom stereocenters. The highest BCUT2D eigenvalue weighted by Gasteiger charge is 2.39. The average molecular weight is 290 g/mol. The highest BCUT2D eigenvalue weighted by molar-refractivity contribution is 5.27. The molecule has 1 heterocycles. The van der Waals surface area contributed by atoms with E-state index in [4.69, 9.17) is 0 Å². The molecule has 1 aromatic rings. The van der Waals surface area contributed by atoms with Crippen LogP contribution in [0.25, 0.3) is 0 Å². The van der Waals surface area contributed by atoms with E-state index in [-0.39, 0.29) is 11.0 Å². The van der Waals surface area contributed by atoms with E-state index in [1.165, 1.54) is 5.56 Å². The number of hydrogen-bond donors (Lipinski definition) is 2. The van der Waals surface area contributed by atoms with Crippen molar-refractivity contribution in [1.29, 1.82) is 0 Å². The van der Waals surface area contributed by atoms with Crippen molar-refractivity contribution in [1.82, 2.24) is 10.2 Å². The van der Waals surface area contributed by atoms with Gasteiger partial charge in [0.2, 0.25) is 0 Å². The van der Waals surface area contributed by atoms with Crippen LogP contribution in [0.5, 0.6) is 5.75 Å². The summed E-state index contributed by atoms with van der Waals surface area (Å²) in [4.78, 5) is 2.58. The van der Waals surface area contributed by atoms with Gasteiger partial charge in [-0.05, 0) is 36.5 Å². The molecule has 2 atom stereocenters. The molecule has 1 fully saturated rings. The van der Waals surface area contributed by atoms with E-state index in [2.05, 4.69) is 50.9 Å². The molecule has 2 N–H and O–H groups in total. The van der Waals surface area contributed by atoms with E-state index < -0.39 is 0 Å². The number of nitrogens with zero attached hydrogens (tertiary/aromatic N) is 1. The minimum absolute atomic E-state index is 0.179. The van der Waals surface area contributed by atoms with Crippen LogP contribution >= 0.6 is 0 Å². The summed E-state index contributed by atoms with van der Waals surface area (Å²) >= 11 is 0. The number of piperazine rings is 1. The van der Waals surface area contributed by atoms with E-state index >= 15 is 0 Å². The van der Waals surface area contributed by atoms with Crippen LogP contribution in [0.4, 0.5) is 0 Å². The summed E-state index contributed by atoms with van der Waals surface area (Å²) in [5, 5.41) is 13.4. The second-order valence-electron chi connectivity index (χ2n) is 7.75. The lowest BCUT2D eigenvalue weighted by atomic mass is 9.81. The van der Waals surface area contributed by atoms with Crippen molar-refractivity contribution in [3.05, 3.63) is 29.8 Å². The van der Waals surface area contributed by atoms with Gasteiger partial charge in [-0.15, -0.1) is 0 Å². The first-order valence-electron chi connectivity index (χ1n) is 8.00. The van der Waals surface area contributed by atoms with Crippen LogP contribution in [-0.2, 0) is 6.54 Å². The predicted octanol–water partition coefficient (Wildman–Crippen LogP) is 3.38. The maximum atomic E-state index is 9.69. The molecule has 1 aliphatic rings. The normalized spacial score (nSPS) is 27.8. The molecule has 0 aliphatic carbocycles. The van der Waals surface area contributed by atoms with Gasteiger partial charge in [-0.25, -0.2) is 0 Å². The lowest BCUT2D eigenvalue weighted by molar-refractivity contribution is 0.0204. The van der Waals surface area contributed by atoms with Crippen LogP contribution in [-0.4, -0.2) is 34.7 Å². The van der Waals surface area contributed by atoms with E-state index in [0.717, 1.165) is 26.1 Å². The summed E-state index contributed by atoms with van der Waals surface area (Å²) in [6.07, 6.45) is 1.13. The Hall–Kier alpha value is -1.06. The first kappa shape index (κ1) is 16.3. The van der Waals surface area contributed by atoms with Gasteiger partial charge in [0.05, 0.1) is 0 Å². The van der Waals surface area contributed by atoms with Crippen molar-refractivity contribution in [2.75, 3.05) is 13.1 Å². The molecule has 21 heavy (non-hydrogen) atoms. The zero-order valence-electron chi connectivity index (χ0n) is 14.1. The zero-order chi connectivity index (χ0) is 15.7. The second kappa shape index (κ2) is 5.98. The highest BCUT2D eigenvalue weighted by Crippen LogP contribution is 2.31. The third-order valence-electron chi connectivity index (χ3n) is 4.79. The maximum Gasteiger partial charge on any atom is 0.115 e. The molecule has 1 aliphatic heterocycles. The van der Waals surface area contributed by atoms with Gasteiger partial charge in [0.15, 0.2) is 0 Å². The van der Waals surface area contributed by atoms with Gasteiger partial charge in [0, 0.05) is 31.2 Å². The molecule has 1 saturated heterocycles. The van der Waals surface area contributed by atoms with E-state index in [1.807, 2.05) is 12.1 Å². The van der Waals surface area contributed by atoms with Crippen LogP contribution in [0, 0.1) is 5.41 Å². The van der Waals surface area contributed by atoms with Crippen LogP contribution < -0.4 is 5.32 Å². The van der Waals surface area contributed by atoms with Crippen molar-refractivity contribution in [2.45, 2.75) is 59.2 Å². The lowest BCUT2D eigenvalue weighted by Crippen LogP contribution is -2.65. The number of aromatic hydroxyl groups is 1. The number of phenols is 1. The molecule has 118 valence electrons. The summed E-state index contributed by atoms with van der Waals surface area (Å²) in [5.41, 5.74) is 1.60. The number of nitrogens with one attached hydrogen (secondary N) is 1. The number of rotatable bonds is 3.